The van der Waals surface area contributed by atoms with Crippen LogP contribution in [0.5, 0.6) is 0 Å². The van der Waals surface area contributed by atoms with E-state index in [0.717, 1.165) is 19.0 Å². The van der Waals surface area contributed by atoms with Gasteiger partial charge in [-0.15, -0.1) is 0 Å². The summed E-state index contributed by atoms with van der Waals surface area (Å²) in [6, 6.07) is 2.62. The summed E-state index contributed by atoms with van der Waals surface area (Å²) < 4.78 is 29.4. The van der Waals surface area contributed by atoms with E-state index in [9.17, 15) is 8.78 Å². The third-order valence-corrected chi connectivity index (χ3v) is 3.50. The van der Waals surface area contributed by atoms with Gasteiger partial charge in [-0.1, -0.05) is 0 Å². The molecule has 3 nitrogen and oxygen atoms in total. The second-order valence-corrected chi connectivity index (χ2v) is 5.39. The number of imidazole rings is 1. The molecule has 0 bridgehead atoms. The highest BCUT2D eigenvalue weighted by Crippen LogP contribution is 2.25. The smallest absolute Gasteiger partial charge is 0.184 e. The van der Waals surface area contributed by atoms with Crippen molar-refractivity contribution in [3.05, 3.63) is 28.5 Å². The van der Waals surface area contributed by atoms with Crippen LogP contribution >= 0.6 is 12.2 Å². The first-order chi connectivity index (χ1) is 8.91. The number of nitrogens with zero attached hydrogens (tertiary/aromatic N) is 2. The third kappa shape index (κ3) is 2.69. The van der Waals surface area contributed by atoms with E-state index in [-0.39, 0.29) is 11.6 Å². The van der Waals surface area contributed by atoms with Crippen LogP contribution in [0.3, 0.4) is 0 Å². The van der Waals surface area contributed by atoms with E-state index in [2.05, 4.69) is 4.98 Å². The van der Waals surface area contributed by atoms with Crippen molar-refractivity contribution < 1.29 is 8.78 Å². The molecule has 2 rings (SSSR count). The highest BCUT2D eigenvalue weighted by atomic mass is 32.1. The predicted octanol–water partition coefficient (Wildman–Crippen LogP) is 3.49. The number of fused-ring (bicyclic) bond motifs is 1. The molecular weight excluding hydrogens is 268 g/mol. The molecule has 1 atom stereocenters. The Balaban J connectivity index is 2.50. The standard InChI is InChI=1S/C13H17F2N3S/c1-8(6-7-17(2)3)18-12-10(16-13(18)19)5-4-9(14)11(12)15/h4-5,8H,6-7H2,1-3H3,(H,16,19). The number of nitrogens with one attached hydrogen (secondary N) is 1. The topological polar surface area (TPSA) is 24.0 Å². The summed E-state index contributed by atoms with van der Waals surface area (Å²) in [7, 11) is 3.95. The van der Waals surface area contributed by atoms with Gasteiger partial charge < -0.3 is 14.5 Å². The lowest BCUT2D eigenvalue weighted by Gasteiger charge is -2.17. The SMILES string of the molecule is CC(CCN(C)C)n1c(=S)[nH]c2ccc(F)c(F)c21. The lowest BCUT2D eigenvalue weighted by Crippen LogP contribution is -2.17. The molecule has 0 amide bonds. The molecule has 0 aliphatic heterocycles. The van der Waals surface area contributed by atoms with Crippen molar-refractivity contribution in [2.75, 3.05) is 20.6 Å². The molecule has 0 aliphatic carbocycles. The van der Waals surface area contributed by atoms with Crippen LogP contribution in [-0.4, -0.2) is 35.1 Å². The summed E-state index contributed by atoms with van der Waals surface area (Å²) in [6.45, 7) is 2.81. The number of hydrogen-bond acceptors (Lipinski definition) is 2. The van der Waals surface area contributed by atoms with Gasteiger partial charge in [0.25, 0.3) is 0 Å². The maximum absolute atomic E-state index is 14.0. The van der Waals surface area contributed by atoms with E-state index in [4.69, 9.17) is 12.2 Å². The fourth-order valence-electron chi connectivity index (χ4n) is 2.15. The Morgan fingerprint density at radius 3 is 2.68 bits per heavy atom. The van der Waals surface area contributed by atoms with Crippen molar-refractivity contribution in [3.8, 4) is 0 Å². The second kappa shape index (κ2) is 5.38. The molecule has 2 aromatic rings. The molecule has 6 heteroatoms. The van der Waals surface area contributed by atoms with Crippen LogP contribution in [0, 0.1) is 16.4 Å². The fraction of sp³-hybridized carbons (Fsp3) is 0.462. The van der Waals surface area contributed by atoms with Crippen molar-refractivity contribution in [1.29, 1.82) is 0 Å². The summed E-state index contributed by atoms with van der Waals surface area (Å²) in [4.78, 5) is 4.97. The highest BCUT2D eigenvalue weighted by Gasteiger charge is 2.17. The van der Waals surface area contributed by atoms with Crippen LogP contribution in [-0.2, 0) is 0 Å². The largest absolute Gasteiger partial charge is 0.330 e. The summed E-state index contributed by atoms with van der Waals surface area (Å²) in [5.74, 6) is -1.70. The van der Waals surface area contributed by atoms with Gasteiger partial charge in [-0.2, -0.15) is 0 Å². The molecule has 0 saturated heterocycles. The Morgan fingerprint density at radius 1 is 1.37 bits per heavy atom. The van der Waals surface area contributed by atoms with Gasteiger partial charge in [-0.05, 0) is 58.3 Å². The molecule has 0 spiro atoms. The first-order valence-electron chi connectivity index (χ1n) is 6.14. The lowest BCUT2D eigenvalue weighted by molar-refractivity contribution is 0.358. The van der Waals surface area contributed by atoms with Gasteiger partial charge in [0.2, 0.25) is 0 Å². The minimum absolute atomic E-state index is 0.0000463. The second-order valence-electron chi connectivity index (χ2n) is 5.00. The van der Waals surface area contributed by atoms with E-state index < -0.39 is 11.6 Å². The number of rotatable bonds is 4. The van der Waals surface area contributed by atoms with Crippen LogP contribution in [0.25, 0.3) is 11.0 Å². The Bertz CT molecular complexity index is 645. The van der Waals surface area contributed by atoms with Crippen LogP contribution in [0.4, 0.5) is 8.78 Å². The number of H-pyrrole nitrogens is 1. The highest BCUT2D eigenvalue weighted by molar-refractivity contribution is 7.71. The average Bonchev–Trinajstić information content (AvgIpc) is 2.68. The van der Waals surface area contributed by atoms with Gasteiger partial charge in [-0.25, -0.2) is 8.78 Å². The summed E-state index contributed by atoms with van der Waals surface area (Å²) >= 11 is 5.22. The normalized spacial score (nSPS) is 13.4. The first kappa shape index (κ1) is 14.1. The van der Waals surface area contributed by atoms with Gasteiger partial charge in [0.1, 0.15) is 5.52 Å². The van der Waals surface area contributed by atoms with Crippen LogP contribution in [0.15, 0.2) is 12.1 Å². The molecule has 1 unspecified atom stereocenters. The molecule has 104 valence electrons. The van der Waals surface area contributed by atoms with Gasteiger partial charge in [-0.3, -0.25) is 0 Å². The average molecular weight is 285 g/mol. The first-order valence-corrected chi connectivity index (χ1v) is 6.55. The van der Waals surface area contributed by atoms with Crippen LogP contribution in [0.1, 0.15) is 19.4 Å². The van der Waals surface area contributed by atoms with Crippen molar-refractivity contribution >= 4 is 23.3 Å². The number of hydrogen-bond donors (Lipinski definition) is 1. The van der Waals surface area contributed by atoms with E-state index in [1.165, 1.54) is 6.07 Å². The zero-order valence-electron chi connectivity index (χ0n) is 11.2. The molecule has 1 aromatic heterocycles. The van der Waals surface area contributed by atoms with Gasteiger partial charge in [0.05, 0.1) is 5.52 Å². The summed E-state index contributed by atoms with van der Waals surface area (Å²) in [5.41, 5.74) is 0.747. The molecule has 1 aromatic carbocycles. The van der Waals surface area contributed by atoms with Crippen LogP contribution < -0.4 is 0 Å². The lowest BCUT2D eigenvalue weighted by atomic mass is 10.2. The third-order valence-electron chi connectivity index (χ3n) is 3.21. The summed E-state index contributed by atoms with van der Waals surface area (Å²) in [5, 5.41) is 0. The van der Waals surface area contributed by atoms with Crippen molar-refractivity contribution in [3.63, 3.8) is 0 Å². The van der Waals surface area contributed by atoms with Crippen molar-refractivity contribution in [2.45, 2.75) is 19.4 Å². The molecule has 1 heterocycles. The molecule has 0 fully saturated rings. The van der Waals surface area contributed by atoms with Gasteiger partial charge >= 0.3 is 0 Å². The number of aromatic nitrogens is 2. The summed E-state index contributed by atoms with van der Waals surface area (Å²) in [6.07, 6.45) is 0.810. The zero-order chi connectivity index (χ0) is 14.2. The van der Waals surface area contributed by atoms with Crippen LogP contribution in [0.2, 0.25) is 0 Å². The molecule has 1 N–H and O–H groups in total. The molecule has 19 heavy (non-hydrogen) atoms. The Kier molecular flexibility index (Phi) is 4.01. The Hall–Kier alpha value is -1.27. The van der Waals surface area contributed by atoms with Crippen molar-refractivity contribution in [2.24, 2.45) is 0 Å². The number of aromatic amines is 1. The molecule has 0 saturated carbocycles. The minimum Gasteiger partial charge on any atom is -0.330 e. The maximum Gasteiger partial charge on any atom is 0.184 e. The van der Waals surface area contributed by atoms with E-state index in [1.54, 1.807) is 4.57 Å². The van der Waals surface area contributed by atoms with E-state index in [1.807, 2.05) is 25.9 Å². The maximum atomic E-state index is 14.0. The molecular formula is C13H17F2N3S. The molecule has 0 radical (unpaired) electrons. The van der Waals surface area contributed by atoms with Crippen molar-refractivity contribution in [1.82, 2.24) is 14.5 Å². The monoisotopic (exact) mass is 285 g/mol. The number of halogens is 2. The predicted molar refractivity (Wildman–Crippen MR) is 74.9 cm³/mol. The van der Waals surface area contributed by atoms with E-state index >= 15 is 0 Å². The molecule has 0 aliphatic rings. The Labute approximate surface area is 115 Å². The minimum atomic E-state index is -0.852. The number of benzene rings is 1. The van der Waals surface area contributed by atoms with E-state index in [0.29, 0.717) is 10.3 Å². The zero-order valence-corrected chi connectivity index (χ0v) is 12.0. The van der Waals surface area contributed by atoms with Gasteiger partial charge in [0, 0.05) is 6.04 Å². The fourth-order valence-corrected chi connectivity index (χ4v) is 2.53. The Morgan fingerprint density at radius 2 is 2.05 bits per heavy atom. The quantitative estimate of drug-likeness (QED) is 0.869. The van der Waals surface area contributed by atoms with Gasteiger partial charge in [0.15, 0.2) is 16.4 Å².